The van der Waals surface area contributed by atoms with E-state index < -0.39 is 23.9 Å². The van der Waals surface area contributed by atoms with Gasteiger partial charge in [-0.2, -0.15) is 5.26 Å². The van der Waals surface area contributed by atoms with Crippen molar-refractivity contribution in [1.29, 1.82) is 5.26 Å². The van der Waals surface area contributed by atoms with Crippen LogP contribution in [0, 0.1) is 17.2 Å². The summed E-state index contributed by atoms with van der Waals surface area (Å²) < 4.78 is 6.56. The summed E-state index contributed by atoms with van der Waals surface area (Å²) in [7, 11) is 0. The molecule has 2 N–H and O–H groups in total. The highest BCUT2D eigenvalue weighted by molar-refractivity contribution is 5.82. The van der Waals surface area contributed by atoms with Crippen molar-refractivity contribution in [2.75, 3.05) is 0 Å². The van der Waals surface area contributed by atoms with Crippen molar-refractivity contribution in [3.63, 3.8) is 0 Å². The summed E-state index contributed by atoms with van der Waals surface area (Å²) in [5.74, 6) is 0.0215. The average Bonchev–Trinajstić information content (AvgIpc) is 3.66. The third-order valence-electron chi connectivity index (χ3n) is 6.62. The minimum Gasteiger partial charge on any atom is -0.389 e. The predicted octanol–water partition coefficient (Wildman–Crippen LogP) is 6.10. The monoisotopic (exact) mass is 482 g/mol. The van der Waals surface area contributed by atoms with E-state index in [0.717, 1.165) is 27.8 Å². The molecule has 3 aromatic rings. The quantitative estimate of drug-likeness (QED) is 0.366. The van der Waals surface area contributed by atoms with Crippen molar-refractivity contribution in [1.82, 2.24) is 5.32 Å². The van der Waals surface area contributed by atoms with Crippen molar-refractivity contribution in [2.45, 2.75) is 63.9 Å². The van der Waals surface area contributed by atoms with E-state index >= 15 is 0 Å². The van der Waals surface area contributed by atoms with Gasteiger partial charge in [-0.15, -0.1) is 0 Å². The molecular formula is C31H34N2O3. The van der Waals surface area contributed by atoms with E-state index in [1.165, 1.54) is 0 Å². The molecule has 3 aromatic carbocycles. The zero-order valence-corrected chi connectivity index (χ0v) is 21.1. The number of benzene rings is 3. The molecule has 0 aliphatic heterocycles. The normalized spacial score (nSPS) is 16.6. The second-order valence-corrected chi connectivity index (χ2v) is 10.2. The third-order valence-corrected chi connectivity index (χ3v) is 6.62. The van der Waals surface area contributed by atoms with Crippen LogP contribution in [0.25, 0.3) is 11.1 Å². The predicted molar refractivity (Wildman–Crippen MR) is 141 cm³/mol. The molecule has 3 atom stereocenters. The molecule has 5 heteroatoms. The Balaban J connectivity index is 1.62. The molecule has 1 fully saturated rings. The molecule has 0 bridgehead atoms. The number of carbonyl (C=O) groups excluding carboxylic acids is 1. The number of nitrogens with one attached hydrogen (secondary N) is 1. The summed E-state index contributed by atoms with van der Waals surface area (Å²) in [6.45, 7) is 5.89. The molecule has 1 aliphatic rings. The van der Waals surface area contributed by atoms with Gasteiger partial charge in [0.25, 0.3) is 0 Å². The molecule has 0 aromatic heterocycles. The lowest BCUT2D eigenvalue weighted by Crippen LogP contribution is -2.44. The van der Waals surface area contributed by atoms with E-state index in [2.05, 4.69) is 25.2 Å². The van der Waals surface area contributed by atoms with E-state index in [1.54, 1.807) is 6.92 Å². The van der Waals surface area contributed by atoms with Gasteiger partial charge in [-0.3, -0.25) is 4.79 Å². The fourth-order valence-corrected chi connectivity index (χ4v) is 4.33. The molecule has 1 aliphatic carbocycles. The summed E-state index contributed by atoms with van der Waals surface area (Å²) in [4.78, 5) is 13.2. The number of hydrogen-bond donors (Lipinski definition) is 2. The highest BCUT2D eigenvalue weighted by Gasteiger charge is 2.46. The smallest absolute Gasteiger partial charge is 0.250 e. The molecule has 0 spiro atoms. The van der Waals surface area contributed by atoms with Gasteiger partial charge >= 0.3 is 0 Å². The lowest BCUT2D eigenvalue weighted by Gasteiger charge is -2.27. The van der Waals surface area contributed by atoms with Crippen LogP contribution in [-0.2, 0) is 9.53 Å². The fraction of sp³-hybridized carbons (Fsp3) is 0.355. The summed E-state index contributed by atoms with van der Waals surface area (Å²) in [5, 5.41) is 22.3. The number of aliphatic hydroxyl groups excluding tert-OH is 1. The van der Waals surface area contributed by atoms with E-state index in [0.29, 0.717) is 19.3 Å². The van der Waals surface area contributed by atoms with Crippen molar-refractivity contribution in [2.24, 2.45) is 5.92 Å². The number of nitriles is 1. The first-order valence-corrected chi connectivity index (χ1v) is 12.6. The van der Waals surface area contributed by atoms with Gasteiger partial charge in [-0.1, -0.05) is 86.6 Å². The largest absolute Gasteiger partial charge is 0.389 e. The summed E-state index contributed by atoms with van der Waals surface area (Å²) in [5.41, 5.74) is 4.11. The number of amides is 1. The first kappa shape index (κ1) is 25.6. The van der Waals surface area contributed by atoms with Gasteiger partial charge in [0.1, 0.15) is 17.7 Å². The maximum absolute atomic E-state index is 13.2. The van der Waals surface area contributed by atoms with E-state index in [4.69, 9.17) is 4.74 Å². The van der Waals surface area contributed by atoms with Crippen molar-refractivity contribution in [3.05, 3.63) is 95.6 Å². The highest BCUT2D eigenvalue weighted by Crippen LogP contribution is 2.36. The van der Waals surface area contributed by atoms with Crippen LogP contribution in [0.3, 0.4) is 0 Å². The SMILES string of the molecule is CC(C)C[C@H](O[C@H](c1ccccc1)c1ccc(-c2cccc(C(C)O)c2)cc1)C(=O)NC1(C#N)CC1. The number of rotatable bonds is 10. The van der Waals surface area contributed by atoms with Gasteiger partial charge in [0, 0.05) is 0 Å². The minimum absolute atomic E-state index is 0.227. The molecule has 36 heavy (non-hydrogen) atoms. The molecular weight excluding hydrogens is 448 g/mol. The van der Waals surface area contributed by atoms with Crippen molar-refractivity contribution < 1.29 is 14.6 Å². The molecule has 4 rings (SSSR count). The summed E-state index contributed by atoms with van der Waals surface area (Å²) >= 11 is 0. The lowest BCUT2D eigenvalue weighted by atomic mass is 9.96. The zero-order valence-electron chi connectivity index (χ0n) is 21.1. The van der Waals surface area contributed by atoms with Crippen molar-refractivity contribution >= 4 is 5.91 Å². The molecule has 5 nitrogen and oxygen atoms in total. The Labute approximate surface area is 213 Å². The van der Waals surface area contributed by atoms with Crippen LogP contribution < -0.4 is 5.32 Å². The van der Waals surface area contributed by atoms with E-state index in [-0.39, 0.29) is 11.8 Å². The summed E-state index contributed by atoms with van der Waals surface area (Å²) in [6.07, 6.45) is 0.285. The third kappa shape index (κ3) is 6.20. The highest BCUT2D eigenvalue weighted by atomic mass is 16.5. The number of carbonyl (C=O) groups is 1. The number of nitrogens with zero attached hydrogens (tertiary/aromatic N) is 1. The molecule has 0 saturated heterocycles. The molecule has 1 unspecified atom stereocenters. The molecule has 0 heterocycles. The topological polar surface area (TPSA) is 82.3 Å². The van der Waals surface area contributed by atoms with Gasteiger partial charge in [0.15, 0.2) is 0 Å². The maximum Gasteiger partial charge on any atom is 0.250 e. The van der Waals surface area contributed by atoms with Crippen LogP contribution in [0.4, 0.5) is 0 Å². The Morgan fingerprint density at radius 2 is 1.58 bits per heavy atom. The second-order valence-electron chi connectivity index (χ2n) is 10.2. The standard InChI is InChI=1S/C31H34N2O3/c1-21(2)18-28(30(35)33-31(20-32)16-17-31)36-29(24-8-5-4-6-9-24)25-14-12-23(13-15-25)27-11-7-10-26(19-27)22(3)34/h4-15,19,21-22,28-29,34H,16-18H2,1-3H3,(H,33,35)/t22?,28-,29+/m0/s1. The lowest BCUT2D eigenvalue weighted by molar-refractivity contribution is -0.137. The van der Waals surface area contributed by atoms with Gasteiger partial charge in [0.2, 0.25) is 5.91 Å². The van der Waals surface area contributed by atoms with Gasteiger partial charge in [-0.25, -0.2) is 0 Å². The van der Waals surface area contributed by atoms with Gasteiger partial charge in [0.05, 0.1) is 12.2 Å². The van der Waals surface area contributed by atoms with Crippen LogP contribution in [-0.4, -0.2) is 22.7 Å². The number of hydrogen-bond acceptors (Lipinski definition) is 4. The summed E-state index contributed by atoms with van der Waals surface area (Å²) in [6, 6.07) is 28.2. The van der Waals surface area contributed by atoms with E-state index in [1.807, 2.05) is 78.9 Å². The maximum atomic E-state index is 13.2. The molecule has 186 valence electrons. The van der Waals surface area contributed by atoms with Crippen LogP contribution in [0.5, 0.6) is 0 Å². The molecule has 1 amide bonds. The number of ether oxygens (including phenoxy) is 1. The minimum atomic E-state index is -0.736. The van der Waals surface area contributed by atoms with Gasteiger partial charge < -0.3 is 15.2 Å². The Hall–Kier alpha value is -3.46. The van der Waals surface area contributed by atoms with Crippen LogP contribution >= 0.6 is 0 Å². The fourth-order valence-electron chi connectivity index (χ4n) is 4.33. The van der Waals surface area contributed by atoms with E-state index in [9.17, 15) is 15.2 Å². The number of aliphatic hydroxyl groups is 1. The van der Waals surface area contributed by atoms with Crippen LogP contribution in [0.2, 0.25) is 0 Å². The van der Waals surface area contributed by atoms with Crippen LogP contribution in [0.15, 0.2) is 78.9 Å². The van der Waals surface area contributed by atoms with Gasteiger partial charge in [-0.05, 0) is 66.0 Å². The molecule has 1 saturated carbocycles. The molecule has 0 radical (unpaired) electrons. The first-order valence-electron chi connectivity index (χ1n) is 12.6. The first-order chi connectivity index (χ1) is 17.3. The Kier molecular flexibility index (Phi) is 7.88. The van der Waals surface area contributed by atoms with Crippen molar-refractivity contribution in [3.8, 4) is 17.2 Å². The Bertz CT molecular complexity index is 1210. The second kappa shape index (κ2) is 11.1. The van der Waals surface area contributed by atoms with Crippen LogP contribution in [0.1, 0.15) is 68.9 Å². The Morgan fingerprint density at radius 3 is 2.17 bits per heavy atom. The average molecular weight is 483 g/mol. The zero-order chi connectivity index (χ0) is 25.7. The Morgan fingerprint density at radius 1 is 0.944 bits per heavy atom.